The highest BCUT2D eigenvalue weighted by Crippen LogP contribution is 2.17. The summed E-state index contributed by atoms with van der Waals surface area (Å²) in [4.78, 5) is 0. The molecule has 61 valence electrons. The topological polar surface area (TPSA) is 0 Å². The molecule has 0 saturated heterocycles. The average Bonchev–Trinajstić information content (AvgIpc) is 2.21. The van der Waals surface area contributed by atoms with Crippen molar-refractivity contribution in [1.29, 1.82) is 0 Å². The van der Waals surface area contributed by atoms with E-state index in [-0.39, 0.29) is 0 Å². The molecule has 1 radical (unpaired) electrons. The first-order valence-electron chi connectivity index (χ1n) is 4.04. The van der Waals surface area contributed by atoms with Gasteiger partial charge in [0.15, 0.2) is 0 Å². The Bertz CT molecular complexity index is 322. The van der Waals surface area contributed by atoms with Gasteiger partial charge in [0, 0.05) is 24.7 Å². The molecule has 12 heavy (non-hydrogen) atoms. The average molecular weight is 179 g/mol. The summed E-state index contributed by atoms with van der Waals surface area (Å²) in [7, 11) is 6.63. The van der Waals surface area contributed by atoms with Crippen molar-refractivity contribution in [1.82, 2.24) is 0 Å². The zero-order valence-corrected chi connectivity index (χ0v) is 8.10. The van der Waals surface area contributed by atoms with Gasteiger partial charge < -0.3 is 4.39 Å². The molecular formula is C9H11BClN+. The summed E-state index contributed by atoms with van der Waals surface area (Å²) in [6.07, 6.45) is 0. The lowest BCUT2D eigenvalue weighted by molar-refractivity contribution is -0.788. The van der Waals surface area contributed by atoms with Crippen molar-refractivity contribution in [3.05, 3.63) is 28.8 Å². The second-order valence-corrected chi connectivity index (χ2v) is 4.35. The van der Waals surface area contributed by atoms with Crippen molar-refractivity contribution in [2.24, 2.45) is 0 Å². The van der Waals surface area contributed by atoms with Crippen LogP contribution in [-0.2, 0) is 6.54 Å². The van der Waals surface area contributed by atoms with E-state index in [1.165, 1.54) is 11.0 Å². The van der Waals surface area contributed by atoms with E-state index in [4.69, 9.17) is 11.6 Å². The summed E-state index contributed by atoms with van der Waals surface area (Å²) in [5.41, 5.74) is 2.68. The highest BCUT2D eigenvalue weighted by Gasteiger charge is 2.31. The Labute approximate surface area is 78.8 Å². The van der Waals surface area contributed by atoms with Gasteiger partial charge in [-0.15, -0.1) is 0 Å². The fraction of sp³-hybridized carbons (Fsp3) is 0.333. The van der Waals surface area contributed by atoms with Gasteiger partial charge in [-0.05, 0) is 17.6 Å². The molecule has 1 aliphatic heterocycles. The summed E-state index contributed by atoms with van der Waals surface area (Å²) in [6, 6.07) is 6.09. The molecule has 1 aromatic rings. The van der Waals surface area contributed by atoms with Gasteiger partial charge in [0.2, 0.25) is 0 Å². The Kier molecular flexibility index (Phi) is 1.70. The van der Waals surface area contributed by atoms with Crippen LogP contribution >= 0.6 is 11.6 Å². The fourth-order valence-electron chi connectivity index (χ4n) is 1.70. The monoisotopic (exact) mass is 179 g/mol. The first kappa shape index (κ1) is 8.15. The minimum absolute atomic E-state index is 0.837. The van der Waals surface area contributed by atoms with Crippen LogP contribution in [0.2, 0.25) is 5.02 Å². The number of hydrogen-bond donors (Lipinski definition) is 0. The normalized spacial score (nSPS) is 18.6. The second-order valence-electron chi connectivity index (χ2n) is 3.91. The van der Waals surface area contributed by atoms with E-state index >= 15 is 0 Å². The third kappa shape index (κ3) is 1.37. The molecule has 1 heterocycles. The standard InChI is InChI=1S/C9H11BClN/c1-12(2)6-7-5-8(11)3-4-9(7)10-12/h3-5H,6H2,1-2H3/q+1. The molecule has 0 amide bonds. The lowest BCUT2D eigenvalue weighted by Gasteiger charge is -2.22. The van der Waals surface area contributed by atoms with Crippen LogP contribution in [0.5, 0.6) is 0 Å². The molecule has 1 aromatic carbocycles. The van der Waals surface area contributed by atoms with E-state index in [1.54, 1.807) is 0 Å². The Hall–Kier alpha value is -0.465. The third-order valence-corrected chi connectivity index (χ3v) is 2.41. The lowest BCUT2D eigenvalue weighted by Crippen LogP contribution is -2.40. The number of halogens is 1. The van der Waals surface area contributed by atoms with Crippen LogP contribution in [-0.4, -0.2) is 25.9 Å². The molecule has 0 N–H and O–H groups in total. The predicted molar refractivity (Wildman–Crippen MR) is 52.7 cm³/mol. The molecule has 2 rings (SSSR count). The number of fused-ring (bicyclic) bond motifs is 1. The molecule has 0 atom stereocenters. The molecule has 3 heteroatoms. The highest BCUT2D eigenvalue weighted by atomic mass is 35.5. The highest BCUT2D eigenvalue weighted by molar-refractivity contribution is 6.48. The summed E-state index contributed by atoms with van der Waals surface area (Å²) < 4.78 is 0.926. The SMILES string of the molecule is C[N+]1(C)[B]c2ccc(Cl)cc2C1. The first-order valence-corrected chi connectivity index (χ1v) is 4.42. The smallest absolute Gasteiger partial charge is 0.391 e. The van der Waals surface area contributed by atoms with Gasteiger partial charge in [0.05, 0.1) is 6.54 Å². The number of rotatable bonds is 0. The van der Waals surface area contributed by atoms with Gasteiger partial charge in [-0.1, -0.05) is 17.7 Å². The van der Waals surface area contributed by atoms with Gasteiger partial charge >= 0.3 is 7.41 Å². The van der Waals surface area contributed by atoms with Gasteiger partial charge in [-0.2, -0.15) is 0 Å². The van der Waals surface area contributed by atoms with Crippen LogP contribution < -0.4 is 5.46 Å². The molecule has 0 aromatic heterocycles. The molecule has 1 aliphatic rings. The molecule has 0 unspecified atom stereocenters. The summed E-state index contributed by atoms with van der Waals surface area (Å²) in [6.45, 7) is 1.05. The minimum atomic E-state index is 0.837. The van der Waals surface area contributed by atoms with Crippen LogP contribution in [0.15, 0.2) is 18.2 Å². The van der Waals surface area contributed by atoms with E-state index in [9.17, 15) is 0 Å². The number of benzene rings is 1. The van der Waals surface area contributed by atoms with Gasteiger partial charge in [-0.3, -0.25) is 0 Å². The zero-order chi connectivity index (χ0) is 8.77. The fourth-order valence-corrected chi connectivity index (χ4v) is 1.89. The predicted octanol–water partition coefficient (Wildman–Crippen LogP) is 1.17. The Balaban J connectivity index is 2.43. The summed E-state index contributed by atoms with van der Waals surface area (Å²) >= 11 is 5.90. The second kappa shape index (κ2) is 2.51. The molecule has 0 fully saturated rings. The maximum atomic E-state index is 5.90. The van der Waals surface area contributed by atoms with Crippen LogP contribution in [0.4, 0.5) is 0 Å². The van der Waals surface area contributed by atoms with Gasteiger partial charge in [0.25, 0.3) is 0 Å². The first-order chi connectivity index (χ1) is 5.57. The van der Waals surface area contributed by atoms with Gasteiger partial charge in [0.1, 0.15) is 0 Å². The number of quaternary nitrogens is 1. The molecule has 0 bridgehead atoms. The lowest BCUT2D eigenvalue weighted by atomic mass is 9.82. The third-order valence-electron chi connectivity index (χ3n) is 2.17. The van der Waals surface area contributed by atoms with Crippen molar-refractivity contribution < 1.29 is 4.39 Å². The summed E-state index contributed by atoms with van der Waals surface area (Å²) in [5.74, 6) is 0. The Morgan fingerprint density at radius 3 is 2.92 bits per heavy atom. The summed E-state index contributed by atoms with van der Waals surface area (Å²) in [5, 5.41) is 0.837. The zero-order valence-electron chi connectivity index (χ0n) is 7.34. The van der Waals surface area contributed by atoms with Crippen molar-refractivity contribution in [3.63, 3.8) is 0 Å². The van der Waals surface area contributed by atoms with Crippen LogP contribution in [0.3, 0.4) is 0 Å². The Morgan fingerprint density at radius 1 is 1.42 bits per heavy atom. The van der Waals surface area contributed by atoms with Crippen molar-refractivity contribution in [2.45, 2.75) is 6.54 Å². The van der Waals surface area contributed by atoms with Crippen LogP contribution in [0.25, 0.3) is 0 Å². The van der Waals surface area contributed by atoms with Crippen LogP contribution in [0.1, 0.15) is 5.56 Å². The quantitative estimate of drug-likeness (QED) is 0.525. The van der Waals surface area contributed by atoms with E-state index in [0.29, 0.717) is 0 Å². The molecule has 0 spiro atoms. The molecular weight excluding hydrogens is 168 g/mol. The molecule has 1 nitrogen and oxygen atoms in total. The minimum Gasteiger partial charge on any atom is -0.391 e. The largest absolute Gasteiger partial charge is 0.486 e. The van der Waals surface area contributed by atoms with E-state index in [2.05, 4.69) is 33.6 Å². The van der Waals surface area contributed by atoms with Crippen molar-refractivity contribution >= 4 is 24.5 Å². The van der Waals surface area contributed by atoms with E-state index in [0.717, 1.165) is 16.0 Å². The Morgan fingerprint density at radius 2 is 2.17 bits per heavy atom. The van der Waals surface area contributed by atoms with Crippen molar-refractivity contribution in [3.8, 4) is 0 Å². The number of nitrogens with zero attached hydrogens (tertiary/aromatic N) is 1. The maximum absolute atomic E-state index is 5.90. The molecule has 0 saturated carbocycles. The molecule has 0 aliphatic carbocycles. The van der Waals surface area contributed by atoms with Crippen LogP contribution in [0, 0.1) is 0 Å². The van der Waals surface area contributed by atoms with Crippen molar-refractivity contribution in [2.75, 3.05) is 14.1 Å². The number of hydrogen-bond acceptors (Lipinski definition) is 0. The maximum Gasteiger partial charge on any atom is 0.486 e. The van der Waals surface area contributed by atoms with E-state index < -0.39 is 0 Å². The van der Waals surface area contributed by atoms with E-state index in [1.807, 2.05) is 6.07 Å². The van der Waals surface area contributed by atoms with Gasteiger partial charge in [-0.25, -0.2) is 0 Å².